The Kier molecular flexibility index (Phi) is 2.07. The fourth-order valence-electron chi connectivity index (χ4n) is 2.34. The molecule has 0 unspecified atom stereocenters. The maximum atomic E-state index is 11.9. The van der Waals surface area contributed by atoms with E-state index in [4.69, 9.17) is 5.73 Å². The van der Waals surface area contributed by atoms with Crippen molar-refractivity contribution in [2.75, 3.05) is 5.73 Å². The van der Waals surface area contributed by atoms with E-state index in [1.54, 1.807) is 4.57 Å². The summed E-state index contributed by atoms with van der Waals surface area (Å²) in [5, 5.41) is 9.28. The third-order valence-corrected chi connectivity index (χ3v) is 3.62. The van der Waals surface area contributed by atoms with Gasteiger partial charge in [-0.05, 0) is 43.2 Å². The number of aliphatic hydroxyl groups is 1. The second kappa shape index (κ2) is 3.35. The number of aromatic nitrogens is 1. The van der Waals surface area contributed by atoms with E-state index in [-0.39, 0.29) is 17.7 Å². The fraction of sp³-hybridized carbons (Fsp3) is 0.583. The molecule has 2 fully saturated rings. The zero-order chi connectivity index (χ0) is 11.3. The molecule has 0 aliphatic heterocycles. The maximum absolute atomic E-state index is 11.9. The molecule has 4 nitrogen and oxygen atoms in total. The van der Waals surface area contributed by atoms with Gasteiger partial charge in [-0.25, -0.2) is 0 Å². The van der Waals surface area contributed by atoms with Gasteiger partial charge in [0.25, 0.3) is 5.56 Å². The van der Waals surface area contributed by atoms with E-state index in [0.717, 1.165) is 0 Å². The lowest BCUT2D eigenvalue weighted by Gasteiger charge is -2.33. The molecule has 1 aromatic rings. The minimum Gasteiger partial charge on any atom is -0.394 e. The van der Waals surface area contributed by atoms with Crippen molar-refractivity contribution in [3.63, 3.8) is 0 Å². The summed E-state index contributed by atoms with van der Waals surface area (Å²) < 4.78 is 1.72. The second-order valence-corrected chi connectivity index (χ2v) is 4.99. The maximum Gasteiger partial charge on any atom is 0.273 e. The molecule has 1 aromatic heterocycles. The van der Waals surface area contributed by atoms with E-state index in [2.05, 4.69) is 0 Å². The molecule has 3 rings (SSSR count). The van der Waals surface area contributed by atoms with Crippen molar-refractivity contribution < 1.29 is 5.11 Å². The topological polar surface area (TPSA) is 68.2 Å². The van der Waals surface area contributed by atoms with Crippen LogP contribution in [0.2, 0.25) is 0 Å². The highest BCUT2D eigenvalue weighted by atomic mass is 16.3. The summed E-state index contributed by atoms with van der Waals surface area (Å²) in [7, 11) is 0. The second-order valence-electron chi connectivity index (χ2n) is 4.99. The van der Waals surface area contributed by atoms with Crippen molar-refractivity contribution in [1.82, 2.24) is 4.57 Å². The number of hydrogen-bond acceptors (Lipinski definition) is 3. The summed E-state index contributed by atoms with van der Waals surface area (Å²) in [4.78, 5) is 11.9. The quantitative estimate of drug-likeness (QED) is 0.781. The average molecular weight is 220 g/mol. The van der Waals surface area contributed by atoms with Crippen LogP contribution in [0.25, 0.3) is 0 Å². The van der Waals surface area contributed by atoms with Crippen LogP contribution in [0.4, 0.5) is 5.69 Å². The van der Waals surface area contributed by atoms with Gasteiger partial charge in [0.2, 0.25) is 0 Å². The van der Waals surface area contributed by atoms with E-state index in [9.17, 15) is 9.90 Å². The van der Waals surface area contributed by atoms with E-state index in [1.165, 1.54) is 18.4 Å². The molecular formula is C12H16N2O2. The molecule has 2 aliphatic rings. The first-order valence-corrected chi connectivity index (χ1v) is 5.85. The van der Waals surface area contributed by atoms with Gasteiger partial charge in [-0.15, -0.1) is 0 Å². The lowest BCUT2D eigenvalue weighted by atomic mass is 9.89. The predicted octanol–water partition coefficient (Wildman–Crippen LogP) is 1.00. The first-order chi connectivity index (χ1) is 7.65. The van der Waals surface area contributed by atoms with Gasteiger partial charge in [0, 0.05) is 12.2 Å². The number of nitrogens with zero attached hydrogens (tertiary/aromatic N) is 1. The lowest BCUT2D eigenvalue weighted by Crippen LogP contribution is -2.37. The van der Waals surface area contributed by atoms with Crippen LogP contribution < -0.4 is 11.3 Å². The van der Waals surface area contributed by atoms with Gasteiger partial charge in [-0.2, -0.15) is 0 Å². The van der Waals surface area contributed by atoms with Crippen molar-refractivity contribution >= 4 is 5.69 Å². The van der Waals surface area contributed by atoms with E-state index >= 15 is 0 Å². The van der Waals surface area contributed by atoms with E-state index < -0.39 is 0 Å². The van der Waals surface area contributed by atoms with Gasteiger partial charge >= 0.3 is 0 Å². The molecular weight excluding hydrogens is 204 g/mol. The van der Waals surface area contributed by atoms with Gasteiger partial charge in [0.15, 0.2) is 0 Å². The third kappa shape index (κ3) is 1.53. The predicted molar refractivity (Wildman–Crippen MR) is 61.4 cm³/mol. The highest BCUT2D eigenvalue weighted by Crippen LogP contribution is 2.41. The largest absolute Gasteiger partial charge is 0.394 e. The van der Waals surface area contributed by atoms with Gasteiger partial charge in [0.05, 0.1) is 11.8 Å². The SMILES string of the molecule is Nc1cc(C2CC2)cn(C2CC(O)C2)c1=O. The molecule has 4 heteroatoms. The van der Waals surface area contributed by atoms with Crippen LogP contribution in [0, 0.1) is 0 Å². The van der Waals surface area contributed by atoms with Gasteiger partial charge in [-0.3, -0.25) is 4.79 Å². The van der Waals surface area contributed by atoms with Crippen molar-refractivity contribution in [2.24, 2.45) is 0 Å². The van der Waals surface area contributed by atoms with E-state index in [0.29, 0.717) is 24.4 Å². The molecule has 2 saturated carbocycles. The zero-order valence-electron chi connectivity index (χ0n) is 9.10. The lowest BCUT2D eigenvalue weighted by molar-refractivity contribution is 0.0471. The van der Waals surface area contributed by atoms with Crippen LogP contribution in [-0.2, 0) is 0 Å². The Bertz CT molecular complexity index is 470. The number of anilines is 1. The summed E-state index contributed by atoms with van der Waals surface area (Å²) in [6, 6.07) is 1.95. The molecule has 2 aliphatic carbocycles. The highest BCUT2D eigenvalue weighted by molar-refractivity contribution is 5.40. The van der Waals surface area contributed by atoms with Crippen LogP contribution >= 0.6 is 0 Å². The Balaban J connectivity index is 1.98. The van der Waals surface area contributed by atoms with Crippen LogP contribution in [0.1, 0.15) is 43.2 Å². The van der Waals surface area contributed by atoms with Crippen molar-refractivity contribution in [1.29, 1.82) is 0 Å². The summed E-state index contributed by atoms with van der Waals surface area (Å²) in [5.41, 5.74) is 7.15. The number of aliphatic hydroxyl groups excluding tert-OH is 1. The normalized spacial score (nSPS) is 28.8. The first kappa shape index (κ1) is 9.90. The molecule has 0 radical (unpaired) electrons. The molecule has 86 valence electrons. The standard InChI is InChI=1S/C12H16N2O2/c13-11-3-8(7-1-2-7)6-14(12(11)16)9-4-10(15)5-9/h3,6-7,9-10,15H,1-2,4-5,13H2. The number of hydrogen-bond donors (Lipinski definition) is 2. The Morgan fingerprint density at radius 2 is 2.06 bits per heavy atom. The molecule has 1 heterocycles. The van der Waals surface area contributed by atoms with Crippen LogP contribution in [0.15, 0.2) is 17.1 Å². The molecule has 0 amide bonds. The van der Waals surface area contributed by atoms with Crippen LogP contribution in [0.5, 0.6) is 0 Å². The van der Waals surface area contributed by atoms with Crippen molar-refractivity contribution in [3.05, 3.63) is 28.2 Å². The highest BCUT2D eigenvalue weighted by Gasteiger charge is 2.31. The Labute approximate surface area is 93.7 Å². The fourth-order valence-corrected chi connectivity index (χ4v) is 2.34. The molecule has 0 spiro atoms. The van der Waals surface area contributed by atoms with E-state index in [1.807, 2.05) is 12.3 Å². The number of rotatable bonds is 2. The molecule has 0 atom stereocenters. The third-order valence-electron chi connectivity index (χ3n) is 3.62. The molecule has 3 N–H and O–H groups in total. The Morgan fingerprint density at radius 1 is 1.38 bits per heavy atom. The Morgan fingerprint density at radius 3 is 2.62 bits per heavy atom. The summed E-state index contributed by atoms with van der Waals surface area (Å²) in [6.07, 6.45) is 5.44. The molecule has 16 heavy (non-hydrogen) atoms. The molecule has 0 saturated heterocycles. The van der Waals surface area contributed by atoms with Crippen molar-refractivity contribution in [3.8, 4) is 0 Å². The first-order valence-electron chi connectivity index (χ1n) is 5.85. The molecule has 0 aromatic carbocycles. The summed E-state index contributed by atoms with van der Waals surface area (Å²) in [6.45, 7) is 0. The Hall–Kier alpha value is -1.29. The monoisotopic (exact) mass is 220 g/mol. The van der Waals surface area contributed by atoms with Crippen LogP contribution in [-0.4, -0.2) is 15.8 Å². The summed E-state index contributed by atoms with van der Waals surface area (Å²) in [5.74, 6) is 0.596. The van der Waals surface area contributed by atoms with Gasteiger partial charge in [-0.1, -0.05) is 0 Å². The van der Waals surface area contributed by atoms with Gasteiger partial charge in [0.1, 0.15) is 0 Å². The van der Waals surface area contributed by atoms with Gasteiger partial charge < -0.3 is 15.4 Å². The minimum atomic E-state index is -0.247. The van der Waals surface area contributed by atoms with Crippen molar-refractivity contribution in [2.45, 2.75) is 43.7 Å². The van der Waals surface area contributed by atoms with Crippen LogP contribution in [0.3, 0.4) is 0 Å². The number of nitrogen functional groups attached to an aromatic ring is 1. The number of pyridine rings is 1. The number of nitrogens with two attached hydrogens (primary N) is 1. The minimum absolute atomic E-state index is 0.110. The smallest absolute Gasteiger partial charge is 0.273 e. The molecule has 0 bridgehead atoms. The average Bonchev–Trinajstić information content (AvgIpc) is 3.01. The zero-order valence-corrected chi connectivity index (χ0v) is 9.10. The summed E-state index contributed by atoms with van der Waals surface area (Å²) >= 11 is 0.